The van der Waals surface area contributed by atoms with Crippen molar-refractivity contribution < 1.29 is 19.0 Å². The summed E-state index contributed by atoms with van der Waals surface area (Å²) in [6, 6.07) is 15.2. The summed E-state index contributed by atoms with van der Waals surface area (Å²) in [5.74, 6) is -0.727. The van der Waals surface area contributed by atoms with Crippen LogP contribution in [0.1, 0.15) is 23.5 Å². The third-order valence-electron chi connectivity index (χ3n) is 5.12. The molecule has 142 valence electrons. The molecular weight excluding hydrogens is 379 g/mol. The van der Waals surface area contributed by atoms with E-state index in [2.05, 4.69) is 6.07 Å². The Morgan fingerprint density at radius 3 is 2.82 bits per heavy atom. The van der Waals surface area contributed by atoms with E-state index in [0.717, 1.165) is 0 Å². The second-order valence-corrected chi connectivity index (χ2v) is 7.64. The molecule has 1 N–H and O–H groups in total. The van der Waals surface area contributed by atoms with Gasteiger partial charge in [0.05, 0.1) is 29.5 Å². The number of amides is 1. The van der Waals surface area contributed by atoms with Crippen LogP contribution in [0.3, 0.4) is 0 Å². The lowest BCUT2D eigenvalue weighted by Crippen LogP contribution is -2.48. The fourth-order valence-electron chi connectivity index (χ4n) is 3.73. The lowest BCUT2D eigenvalue weighted by atomic mass is 9.85. The van der Waals surface area contributed by atoms with E-state index in [1.54, 1.807) is 42.5 Å². The molecule has 2 aliphatic rings. The van der Waals surface area contributed by atoms with E-state index in [9.17, 15) is 19.6 Å². The van der Waals surface area contributed by atoms with Crippen LogP contribution in [0.25, 0.3) is 0 Å². The van der Waals surface area contributed by atoms with E-state index in [-0.39, 0.29) is 18.1 Å². The number of methoxy groups -OCH3 is 1. The minimum absolute atomic E-state index is 0.0832. The molecule has 0 aliphatic carbocycles. The molecule has 2 aromatic carbocycles. The van der Waals surface area contributed by atoms with Gasteiger partial charge in [-0.05, 0) is 23.8 Å². The smallest absolute Gasteiger partial charge is 0.231 e. The van der Waals surface area contributed by atoms with Crippen LogP contribution in [0.2, 0.25) is 0 Å². The van der Waals surface area contributed by atoms with E-state index < -0.39 is 17.5 Å². The van der Waals surface area contributed by atoms with Crippen LogP contribution >= 0.6 is 11.8 Å². The van der Waals surface area contributed by atoms with Crippen LogP contribution in [-0.2, 0) is 10.5 Å². The van der Waals surface area contributed by atoms with Gasteiger partial charge in [0.25, 0.3) is 0 Å². The number of halogens is 1. The summed E-state index contributed by atoms with van der Waals surface area (Å²) in [7, 11) is 1.52. The first-order valence-corrected chi connectivity index (χ1v) is 9.69. The van der Waals surface area contributed by atoms with Crippen LogP contribution in [-0.4, -0.2) is 28.8 Å². The summed E-state index contributed by atoms with van der Waals surface area (Å²) in [6.45, 7) is 0. The zero-order valence-corrected chi connectivity index (χ0v) is 15.9. The Hall–Kier alpha value is -2.82. The zero-order valence-electron chi connectivity index (χ0n) is 15.1. The van der Waals surface area contributed by atoms with Gasteiger partial charge >= 0.3 is 0 Å². The van der Waals surface area contributed by atoms with Crippen molar-refractivity contribution in [3.05, 3.63) is 76.1 Å². The highest BCUT2D eigenvalue weighted by Gasteiger charge is 2.52. The van der Waals surface area contributed by atoms with Gasteiger partial charge in [0.2, 0.25) is 5.91 Å². The molecule has 1 amide bonds. The molecule has 0 saturated carbocycles. The zero-order chi connectivity index (χ0) is 19.9. The number of carbonyl (C=O) groups is 1. The van der Waals surface area contributed by atoms with Crippen LogP contribution in [0.4, 0.5) is 4.39 Å². The van der Waals surface area contributed by atoms with Crippen LogP contribution in [0, 0.1) is 17.1 Å². The molecule has 2 atom stereocenters. The molecule has 0 radical (unpaired) electrons. The van der Waals surface area contributed by atoms with Crippen LogP contribution in [0.5, 0.6) is 5.75 Å². The lowest BCUT2D eigenvalue weighted by Gasteiger charge is -2.38. The fourth-order valence-corrected chi connectivity index (χ4v) is 5.09. The van der Waals surface area contributed by atoms with Crippen LogP contribution < -0.4 is 4.74 Å². The summed E-state index contributed by atoms with van der Waals surface area (Å²) in [5.41, 5.74) is -0.469. The molecule has 0 bridgehead atoms. The summed E-state index contributed by atoms with van der Waals surface area (Å²) in [5, 5.41) is 21.6. The highest BCUT2D eigenvalue weighted by molar-refractivity contribution is 8.03. The summed E-state index contributed by atoms with van der Waals surface area (Å²) >= 11 is 1.23. The van der Waals surface area contributed by atoms with E-state index >= 15 is 0 Å². The highest BCUT2D eigenvalue weighted by atomic mass is 32.2. The summed E-state index contributed by atoms with van der Waals surface area (Å²) in [6.07, 6.45) is -0.0832. The van der Waals surface area contributed by atoms with Crippen molar-refractivity contribution >= 4 is 17.7 Å². The molecule has 28 heavy (non-hydrogen) atoms. The first-order chi connectivity index (χ1) is 13.5. The van der Waals surface area contributed by atoms with Crippen molar-refractivity contribution in [2.75, 3.05) is 12.9 Å². The number of benzene rings is 2. The quantitative estimate of drug-likeness (QED) is 0.860. The van der Waals surface area contributed by atoms with Gasteiger partial charge in [-0.2, -0.15) is 5.26 Å². The van der Waals surface area contributed by atoms with Crippen molar-refractivity contribution in [2.24, 2.45) is 0 Å². The normalized spacial score (nSPS) is 24.1. The van der Waals surface area contributed by atoms with Gasteiger partial charge < -0.3 is 9.84 Å². The van der Waals surface area contributed by atoms with Gasteiger partial charge in [0.1, 0.15) is 11.6 Å². The summed E-state index contributed by atoms with van der Waals surface area (Å²) < 4.78 is 19.6. The van der Waals surface area contributed by atoms with Crippen molar-refractivity contribution in [2.45, 2.75) is 18.1 Å². The average molecular weight is 396 g/mol. The minimum atomic E-state index is -1.59. The van der Waals surface area contributed by atoms with E-state index in [1.807, 2.05) is 0 Å². The molecule has 5 nitrogen and oxygen atoms in total. The average Bonchev–Trinajstić information content (AvgIpc) is 3.08. The number of ether oxygens (including phenoxy) is 1. The van der Waals surface area contributed by atoms with Gasteiger partial charge in [0, 0.05) is 17.9 Å². The van der Waals surface area contributed by atoms with Crippen molar-refractivity contribution in [1.82, 2.24) is 4.90 Å². The first kappa shape index (κ1) is 18.5. The second kappa shape index (κ2) is 6.97. The van der Waals surface area contributed by atoms with Gasteiger partial charge in [-0.3, -0.25) is 9.69 Å². The molecule has 0 aromatic heterocycles. The molecule has 2 heterocycles. The number of carbonyl (C=O) groups excluding carboxylic acids is 1. The third-order valence-corrected chi connectivity index (χ3v) is 6.35. The Morgan fingerprint density at radius 2 is 2.11 bits per heavy atom. The predicted molar refractivity (Wildman–Crippen MR) is 103 cm³/mol. The number of rotatable bonds is 3. The van der Waals surface area contributed by atoms with E-state index in [4.69, 9.17) is 4.74 Å². The molecule has 0 spiro atoms. The predicted octanol–water partition coefficient (Wildman–Crippen LogP) is 3.48. The van der Waals surface area contributed by atoms with Gasteiger partial charge in [-0.25, -0.2) is 4.39 Å². The minimum Gasteiger partial charge on any atom is -0.497 e. The summed E-state index contributed by atoms with van der Waals surface area (Å²) in [4.78, 5) is 14.3. The van der Waals surface area contributed by atoms with Crippen molar-refractivity contribution in [3.8, 4) is 11.8 Å². The second-order valence-electron chi connectivity index (χ2n) is 6.68. The number of allylic oxidation sites excluding steroid dienone is 1. The molecule has 2 unspecified atom stereocenters. The fraction of sp³-hybridized carbons (Fsp3) is 0.238. The van der Waals surface area contributed by atoms with Gasteiger partial charge in [0.15, 0.2) is 5.72 Å². The number of fused-ring (bicyclic) bond motifs is 1. The number of hydrogen-bond donors (Lipinski definition) is 1. The SMILES string of the molecule is COc1cccc(C2(O)CSC3=C(C#N)C(c4ccccc4F)CC(=O)N32)c1. The topological polar surface area (TPSA) is 73.6 Å². The molecular formula is C21H17FN2O3S. The molecule has 1 saturated heterocycles. The number of thioether (sulfide) groups is 1. The van der Waals surface area contributed by atoms with E-state index in [0.29, 0.717) is 27.5 Å². The maximum atomic E-state index is 14.3. The molecule has 1 fully saturated rings. The van der Waals surface area contributed by atoms with Gasteiger partial charge in [-0.1, -0.05) is 30.3 Å². The number of aliphatic hydroxyl groups is 1. The maximum Gasteiger partial charge on any atom is 0.231 e. The molecule has 4 rings (SSSR count). The van der Waals surface area contributed by atoms with Gasteiger partial charge in [-0.15, -0.1) is 11.8 Å². The number of nitriles is 1. The van der Waals surface area contributed by atoms with Crippen molar-refractivity contribution in [1.29, 1.82) is 5.26 Å². The Labute approximate surface area is 166 Å². The lowest BCUT2D eigenvalue weighted by molar-refractivity contribution is -0.149. The molecule has 2 aromatic rings. The largest absolute Gasteiger partial charge is 0.497 e. The molecule has 2 aliphatic heterocycles. The number of hydrogen-bond acceptors (Lipinski definition) is 5. The Kier molecular flexibility index (Phi) is 4.61. The highest BCUT2D eigenvalue weighted by Crippen LogP contribution is 2.52. The Bertz CT molecular complexity index is 1030. The Morgan fingerprint density at radius 1 is 1.32 bits per heavy atom. The first-order valence-electron chi connectivity index (χ1n) is 8.71. The Balaban J connectivity index is 1.82. The number of nitrogens with zero attached hydrogens (tertiary/aromatic N) is 2. The maximum absolute atomic E-state index is 14.3. The van der Waals surface area contributed by atoms with Crippen molar-refractivity contribution in [3.63, 3.8) is 0 Å². The molecule has 7 heteroatoms. The van der Waals surface area contributed by atoms with Crippen LogP contribution in [0.15, 0.2) is 59.1 Å². The third kappa shape index (κ3) is 2.77. The monoisotopic (exact) mass is 396 g/mol. The standard InChI is InChI=1S/C21H17FN2O3S/c1-27-14-6-4-5-13(9-14)21(26)12-28-20-17(11-23)16(10-19(25)24(20)21)15-7-2-3-8-18(15)22/h2-9,16,26H,10,12H2,1H3. The van der Waals surface area contributed by atoms with E-state index in [1.165, 1.54) is 29.8 Å².